The molecule has 17 heavy (non-hydrogen) atoms. The lowest BCUT2D eigenvalue weighted by atomic mass is 9.97. The first-order valence-electron chi connectivity index (χ1n) is 5.17. The van der Waals surface area contributed by atoms with Crippen LogP contribution in [-0.4, -0.2) is 0 Å². The van der Waals surface area contributed by atoms with Gasteiger partial charge < -0.3 is 0 Å². The van der Waals surface area contributed by atoms with Crippen molar-refractivity contribution in [2.45, 2.75) is 35.1 Å². The smallest absolute Gasteiger partial charge is 0.00207 e. The van der Waals surface area contributed by atoms with Gasteiger partial charge in [0.25, 0.3) is 0 Å². The fourth-order valence-electron chi connectivity index (χ4n) is 1.51. The summed E-state index contributed by atoms with van der Waals surface area (Å²) in [5.74, 6) is 0. The number of aryl methyl sites for hydroxylation is 1. The third kappa shape index (κ3) is 5.35. The molecule has 1 rings (SSSR count). The Morgan fingerprint density at radius 3 is 2.29 bits per heavy atom. The van der Waals surface area contributed by atoms with Gasteiger partial charge in [0, 0.05) is 0 Å². The highest BCUT2D eigenvalue weighted by Gasteiger charge is 2.01. The molecule has 0 spiro atoms. The van der Waals surface area contributed by atoms with E-state index < -0.39 is 0 Å². The lowest BCUT2D eigenvalue weighted by Gasteiger charge is -2.09. The van der Waals surface area contributed by atoms with E-state index in [4.69, 9.17) is 0 Å². The minimum absolute atomic E-state index is 0. The van der Waals surface area contributed by atoms with Crippen LogP contribution >= 0.6 is 0 Å². The summed E-state index contributed by atoms with van der Waals surface area (Å²) in [6.07, 6.45) is 4.80. The molecule has 0 bridgehead atoms. The van der Waals surface area contributed by atoms with Gasteiger partial charge >= 0.3 is 0 Å². The monoisotopic (exact) mass is 230 g/mol. The van der Waals surface area contributed by atoms with Gasteiger partial charge in [-0.05, 0) is 37.0 Å². The van der Waals surface area contributed by atoms with Gasteiger partial charge in [-0.15, -0.1) is 0 Å². The van der Waals surface area contributed by atoms with Crippen molar-refractivity contribution in [3.8, 4) is 0 Å². The van der Waals surface area contributed by atoms with Crippen LogP contribution in [0.1, 0.15) is 32.9 Å². The van der Waals surface area contributed by atoms with E-state index in [1.165, 1.54) is 16.7 Å². The van der Waals surface area contributed by atoms with Crippen molar-refractivity contribution in [1.82, 2.24) is 0 Å². The SMILES string of the molecule is C.C.C=C/C=C(/Cc1ccccc1C)C(=C)C. The van der Waals surface area contributed by atoms with Crippen molar-refractivity contribution in [3.05, 3.63) is 71.8 Å². The Labute approximate surface area is 107 Å². The number of allylic oxidation sites excluding steroid dienone is 4. The maximum Gasteiger partial charge on any atom is -0.00207 e. The average molecular weight is 230 g/mol. The summed E-state index contributed by atoms with van der Waals surface area (Å²) in [6.45, 7) is 11.9. The van der Waals surface area contributed by atoms with Gasteiger partial charge in [-0.2, -0.15) is 0 Å². The van der Waals surface area contributed by atoms with E-state index in [1.54, 1.807) is 0 Å². The van der Waals surface area contributed by atoms with E-state index in [0.717, 1.165) is 12.0 Å². The topological polar surface area (TPSA) is 0 Å². The van der Waals surface area contributed by atoms with E-state index in [9.17, 15) is 0 Å². The zero-order valence-corrected chi connectivity index (χ0v) is 9.59. The molecular weight excluding hydrogens is 204 g/mol. The van der Waals surface area contributed by atoms with Crippen LogP contribution < -0.4 is 0 Å². The molecule has 0 radical (unpaired) electrons. The zero-order valence-electron chi connectivity index (χ0n) is 9.59. The molecule has 0 N–H and O–H groups in total. The molecule has 0 aliphatic heterocycles. The summed E-state index contributed by atoms with van der Waals surface area (Å²) in [5.41, 5.74) is 5.04. The van der Waals surface area contributed by atoms with Crippen molar-refractivity contribution in [3.63, 3.8) is 0 Å². The number of hydrogen-bond donors (Lipinski definition) is 0. The lowest BCUT2D eigenvalue weighted by Crippen LogP contribution is -1.94. The van der Waals surface area contributed by atoms with Crippen LogP contribution in [0.3, 0.4) is 0 Å². The van der Waals surface area contributed by atoms with Crippen molar-refractivity contribution in [1.29, 1.82) is 0 Å². The molecule has 1 aromatic carbocycles. The van der Waals surface area contributed by atoms with Crippen LogP contribution in [0.25, 0.3) is 0 Å². The highest BCUT2D eigenvalue weighted by Crippen LogP contribution is 2.17. The van der Waals surface area contributed by atoms with Gasteiger partial charge in [0.2, 0.25) is 0 Å². The Kier molecular flexibility index (Phi) is 8.99. The van der Waals surface area contributed by atoms with E-state index in [2.05, 4.69) is 44.3 Å². The number of benzene rings is 1. The second-order valence-corrected chi connectivity index (χ2v) is 3.81. The van der Waals surface area contributed by atoms with E-state index in [0.29, 0.717) is 0 Å². The summed E-state index contributed by atoms with van der Waals surface area (Å²) >= 11 is 0. The highest BCUT2D eigenvalue weighted by atomic mass is 14.1. The summed E-state index contributed by atoms with van der Waals surface area (Å²) in [4.78, 5) is 0. The summed E-state index contributed by atoms with van der Waals surface area (Å²) in [7, 11) is 0. The molecule has 0 saturated carbocycles. The fraction of sp³-hybridized carbons (Fsp3) is 0.294. The van der Waals surface area contributed by atoms with Crippen LogP contribution in [0.5, 0.6) is 0 Å². The fourth-order valence-corrected chi connectivity index (χ4v) is 1.51. The van der Waals surface area contributed by atoms with Gasteiger partial charge in [-0.3, -0.25) is 0 Å². The average Bonchev–Trinajstić information content (AvgIpc) is 2.20. The van der Waals surface area contributed by atoms with Gasteiger partial charge in [0.05, 0.1) is 0 Å². The van der Waals surface area contributed by atoms with E-state index >= 15 is 0 Å². The minimum Gasteiger partial charge on any atom is -0.0991 e. The maximum atomic E-state index is 3.98. The van der Waals surface area contributed by atoms with Crippen LogP contribution in [0, 0.1) is 6.92 Å². The van der Waals surface area contributed by atoms with Crippen LogP contribution in [0.15, 0.2) is 60.7 Å². The predicted octanol–water partition coefficient (Wildman–Crippen LogP) is 5.50. The molecule has 0 aliphatic rings. The minimum atomic E-state index is 0. The number of rotatable bonds is 4. The molecule has 0 heterocycles. The predicted molar refractivity (Wildman–Crippen MR) is 81.4 cm³/mol. The van der Waals surface area contributed by atoms with Gasteiger partial charge in [0.1, 0.15) is 0 Å². The van der Waals surface area contributed by atoms with Gasteiger partial charge in [0.15, 0.2) is 0 Å². The van der Waals surface area contributed by atoms with Crippen molar-refractivity contribution in [2.75, 3.05) is 0 Å². The first-order valence-corrected chi connectivity index (χ1v) is 5.17. The van der Waals surface area contributed by atoms with Gasteiger partial charge in [-0.1, -0.05) is 70.0 Å². The molecule has 0 amide bonds. The molecule has 0 unspecified atom stereocenters. The summed E-state index contributed by atoms with van der Waals surface area (Å²) in [6, 6.07) is 8.44. The van der Waals surface area contributed by atoms with Crippen LogP contribution in [0.2, 0.25) is 0 Å². The zero-order chi connectivity index (χ0) is 11.3. The second kappa shape index (κ2) is 8.58. The Bertz CT molecular complexity index is 394. The van der Waals surface area contributed by atoms with Crippen molar-refractivity contribution >= 4 is 0 Å². The molecule has 0 fully saturated rings. The first-order chi connectivity index (χ1) is 7.15. The molecule has 94 valence electrons. The molecule has 0 heteroatoms. The summed E-state index contributed by atoms with van der Waals surface area (Å²) in [5, 5.41) is 0. The van der Waals surface area contributed by atoms with Crippen LogP contribution in [-0.2, 0) is 6.42 Å². The highest BCUT2D eigenvalue weighted by molar-refractivity contribution is 5.37. The molecule has 0 aromatic heterocycles. The normalized spacial score (nSPS) is 9.88. The lowest BCUT2D eigenvalue weighted by molar-refractivity contribution is 1.12. The van der Waals surface area contributed by atoms with E-state index in [1.807, 2.05) is 19.1 Å². The molecular formula is C17H26. The standard InChI is InChI=1S/C15H18.2CH4/c1-5-8-14(12(2)3)11-15-10-7-6-9-13(15)4;;/h5-10H,1-2,11H2,3-4H3;2*1H4/b14-8-;;. The van der Waals surface area contributed by atoms with Crippen LogP contribution in [0.4, 0.5) is 0 Å². The Hall–Kier alpha value is -1.56. The quantitative estimate of drug-likeness (QED) is 0.599. The Morgan fingerprint density at radius 1 is 1.24 bits per heavy atom. The molecule has 0 saturated heterocycles. The largest absolute Gasteiger partial charge is 0.0991 e. The number of hydrogen-bond acceptors (Lipinski definition) is 0. The molecule has 1 aromatic rings. The van der Waals surface area contributed by atoms with E-state index in [-0.39, 0.29) is 14.9 Å². The summed E-state index contributed by atoms with van der Waals surface area (Å²) < 4.78 is 0. The third-order valence-electron chi connectivity index (χ3n) is 2.51. The van der Waals surface area contributed by atoms with Gasteiger partial charge in [-0.25, -0.2) is 0 Å². The third-order valence-corrected chi connectivity index (χ3v) is 2.51. The second-order valence-electron chi connectivity index (χ2n) is 3.81. The Balaban J connectivity index is 0. The molecule has 0 aliphatic carbocycles. The Morgan fingerprint density at radius 2 is 1.82 bits per heavy atom. The van der Waals surface area contributed by atoms with Crippen molar-refractivity contribution < 1.29 is 0 Å². The molecule has 0 nitrogen and oxygen atoms in total. The maximum absolute atomic E-state index is 3.98. The van der Waals surface area contributed by atoms with Crippen molar-refractivity contribution in [2.24, 2.45) is 0 Å². The molecule has 0 atom stereocenters. The first kappa shape index (κ1) is 17.8.